The van der Waals surface area contributed by atoms with Crippen LogP contribution in [0.2, 0.25) is 0 Å². The summed E-state index contributed by atoms with van der Waals surface area (Å²) in [5.74, 6) is 0. The highest BCUT2D eigenvalue weighted by atomic mass is 16.5. The van der Waals surface area contributed by atoms with Gasteiger partial charge < -0.3 is 10.5 Å². The first-order valence-electron chi connectivity index (χ1n) is 3.73. The van der Waals surface area contributed by atoms with Gasteiger partial charge in [0.05, 0.1) is 31.1 Å². The van der Waals surface area contributed by atoms with Crippen molar-refractivity contribution in [3.63, 3.8) is 0 Å². The number of nitrogens with two attached hydrogens (primary N) is 1. The summed E-state index contributed by atoms with van der Waals surface area (Å²) in [6.07, 6.45) is 0. The lowest BCUT2D eigenvalue weighted by molar-refractivity contribution is 0.0800. The minimum absolute atomic E-state index is 0.514. The van der Waals surface area contributed by atoms with Crippen LogP contribution in [-0.4, -0.2) is 16.4 Å². The molecule has 1 aliphatic heterocycles. The maximum absolute atomic E-state index is 5.45. The van der Waals surface area contributed by atoms with Gasteiger partial charge >= 0.3 is 0 Å². The lowest BCUT2D eigenvalue weighted by atomic mass is 10.3. The van der Waals surface area contributed by atoms with E-state index in [1.165, 1.54) is 0 Å². The van der Waals surface area contributed by atoms with Crippen LogP contribution in [0.1, 0.15) is 11.4 Å². The van der Waals surface area contributed by atoms with Gasteiger partial charge in [0, 0.05) is 6.54 Å². The largest absolute Gasteiger partial charge is 0.373 e. The SMILES string of the molecule is NCc1cc2n(n1)CCOC2. The van der Waals surface area contributed by atoms with Gasteiger partial charge in [-0.15, -0.1) is 0 Å². The molecule has 1 aromatic rings. The van der Waals surface area contributed by atoms with E-state index in [4.69, 9.17) is 10.5 Å². The molecule has 0 bridgehead atoms. The minimum Gasteiger partial charge on any atom is -0.373 e. The second-order valence-corrected chi connectivity index (χ2v) is 2.61. The van der Waals surface area contributed by atoms with Crippen LogP contribution in [-0.2, 0) is 24.4 Å². The number of aromatic nitrogens is 2. The first-order valence-corrected chi connectivity index (χ1v) is 3.73. The summed E-state index contributed by atoms with van der Waals surface area (Å²) in [6, 6.07) is 2.00. The number of hydrogen-bond donors (Lipinski definition) is 1. The number of nitrogens with zero attached hydrogens (tertiary/aromatic N) is 2. The molecule has 2 heterocycles. The second kappa shape index (κ2) is 2.64. The third kappa shape index (κ3) is 1.15. The van der Waals surface area contributed by atoms with Crippen molar-refractivity contribution >= 4 is 0 Å². The average molecular weight is 153 g/mol. The summed E-state index contributed by atoms with van der Waals surface area (Å²) < 4.78 is 7.22. The molecule has 2 N–H and O–H groups in total. The van der Waals surface area contributed by atoms with Crippen molar-refractivity contribution in [2.75, 3.05) is 6.61 Å². The molecule has 4 nitrogen and oxygen atoms in total. The van der Waals surface area contributed by atoms with Crippen LogP contribution >= 0.6 is 0 Å². The third-order valence-electron chi connectivity index (χ3n) is 1.82. The number of rotatable bonds is 1. The highest BCUT2D eigenvalue weighted by Gasteiger charge is 2.10. The van der Waals surface area contributed by atoms with Crippen molar-refractivity contribution in [1.82, 2.24) is 9.78 Å². The van der Waals surface area contributed by atoms with Crippen LogP contribution in [0.4, 0.5) is 0 Å². The zero-order valence-corrected chi connectivity index (χ0v) is 6.29. The lowest BCUT2D eigenvalue weighted by Crippen LogP contribution is -2.17. The van der Waals surface area contributed by atoms with Crippen LogP contribution in [0.15, 0.2) is 6.07 Å². The van der Waals surface area contributed by atoms with Gasteiger partial charge in [0.15, 0.2) is 0 Å². The van der Waals surface area contributed by atoms with Crippen molar-refractivity contribution in [2.45, 2.75) is 19.7 Å². The summed E-state index contributed by atoms with van der Waals surface area (Å²) in [4.78, 5) is 0. The quantitative estimate of drug-likeness (QED) is 0.611. The normalized spacial score (nSPS) is 16.5. The van der Waals surface area contributed by atoms with E-state index in [1.807, 2.05) is 10.7 Å². The van der Waals surface area contributed by atoms with E-state index in [0.29, 0.717) is 13.2 Å². The molecule has 0 amide bonds. The Morgan fingerprint density at radius 2 is 2.64 bits per heavy atom. The molecule has 11 heavy (non-hydrogen) atoms. The predicted octanol–water partition coefficient (Wildman–Crippen LogP) is -0.128. The molecule has 0 aromatic carbocycles. The summed E-state index contributed by atoms with van der Waals surface area (Å²) in [5.41, 5.74) is 7.53. The monoisotopic (exact) mass is 153 g/mol. The van der Waals surface area contributed by atoms with Crippen LogP contribution < -0.4 is 5.73 Å². The van der Waals surface area contributed by atoms with E-state index < -0.39 is 0 Å². The molecular formula is C7H11N3O. The molecule has 0 radical (unpaired) electrons. The van der Waals surface area contributed by atoms with Crippen molar-refractivity contribution in [2.24, 2.45) is 5.73 Å². The molecule has 0 spiro atoms. The molecule has 2 rings (SSSR count). The summed E-state index contributed by atoms with van der Waals surface area (Å²) in [5, 5.41) is 4.28. The predicted molar refractivity (Wildman–Crippen MR) is 39.8 cm³/mol. The molecule has 0 saturated heterocycles. The Labute approximate surface area is 64.9 Å². The topological polar surface area (TPSA) is 53.1 Å². The Morgan fingerprint density at radius 3 is 3.36 bits per heavy atom. The van der Waals surface area contributed by atoms with E-state index in [-0.39, 0.29) is 0 Å². The molecule has 60 valence electrons. The highest BCUT2D eigenvalue weighted by molar-refractivity contribution is 5.10. The van der Waals surface area contributed by atoms with E-state index in [2.05, 4.69) is 5.10 Å². The Hall–Kier alpha value is -0.870. The van der Waals surface area contributed by atoms with E-state index in [9.17, 15) is 0 Å². The van der Waals surface area contributed by atoms with Gasteiger partial charge in [0.25, 0.3) is 0 Å². The van der Waals surface area contributed by atoms with Crippen LogP contribution in [0.3, 0.4) is 0 Å². The maximum Gasteiger partial charge on any atom is 0.0885 e. The Bertz CT molecular complexity index is 233. The van der Waals surface area contributed by atoms with Gasteiger partial charge in [-0.3, -0.25) is 4.68 Å². The first-order chi connectivity index (χ1) is 5.40. The molecular weight excluding hydrogens is 142 g/mol. The maximum atomic E-state index is 5.45. The smallest absolute Gasteiger partial charge is 0.0885 e. The van der Waals surface area contributed by atoms with Crippen molar-refractivity contribution in [3.05, 3.63) is 17.5 Å². The van der Waals surface area contributed by atoms with Crippen LogP contribution in [0.5, 0.6) is 0 Å². The zero-order valence-electron chi connectivity index (χ0n) is 6.29. The number of fused-ring (bicyclic) bond motifs is 1. The first kappa shape index (κ1) is 6.82. The van der Waals surface area contributed by atoms with Crippen molar-refractivity contribution in [3.8, 4) is 0 Å². The van der Waals surface area contributed by atoms with Gasteiger partial charge in [-0.05, 0) is 6.07 Å². The Kier molecular flexibility index (Phi) is 1.63. The molecule has 0 aliphatic carbocycles. The lowest BCUT2D eigenvalue weighted by Gasteiger charge is -2.12. The van der Waals surface area contributed by atoms with Crippen LogP contribution in [0.25, 0.3) is 0 Å². The fourth-order valence-electron chi connectivity index (χ4n) is 1.25. The molecule has 1 aromatic heterocycles. The van der Waals surface area contributed by atoms with E-state index in [0.717, 1.165) is 24.5 Å². The van der Waals surface area contributed by atoms with Gasteiger partial charge in [0.2, 0.25) is 0 Å². The summed E-state index contributed by atoms with van der Waals surface area (Å²) >= 11 is 0. The Balaban J connectivity index is 2.32. The minimum atomic E-state index is 0.514. The van der Waals surface area contributed by atoms with Gasteiger partial charge in [-0.1, -0.05) is 0 Å². The van der Waals surface area contributed by atoms with E-state index in [1.54, 1.807) is 0 Å². The highest BCUT2D eigenvalue weighted by Crippen LogP contribution is 2.09. The molecule has 0 atom stereocenters. The number of ether oxygens (including phenoxy) is 1. The van der Waals surface area contributed by atoms with Crippen molar-refractivity contribution in [1.29, 1.82) is 0 Å². The molecule has 4 heteroatoms. The molecule has 0 saturated carbocycles. The van der Waals surface area contributed by atoms with Gasteiger partial charge in [0.1, 0.15) is 0 Å². The standard InChI is InChI=1S/C7H11N3O/c8-4-6-3-7-5-11-2-1-10(7)9-6/h3H,1-2,4-5,8H2. The zero-order chi connectivity index (χ0) is 7.68. The number of hydrogen-bond acceptors (Lipinski definition) is 3. The third-order valence-corrected chi connectivity index (χ3v) is 1.82. The van der Waals surface area contributed by atoms with Gasteiger partial charge in [-0.25, -0.2) is 0 Å². The Morgan fingerprint density at radius 1 is 1.73 bits per heavy atom. The fraction of sp³-hybridized carbons (Fsp3) is 0.571. The molecule has 0 fully saturated rings. The van der Waals surface area contributed by atoms with Gasteiger partial charge in [-0.2, -0.15) is 5.10 Å². The van der Waals surface area contributed by atoms with Crippen LogP contribution in [0, 0.1) is 0 Å². The average Bonchev–Trinajstić information content (AvgIpc) is 2.46. The van der Waals surface area contributed by atoms with E-state index >= 15 is 0 Å². The second-order valence-electron chi connectivity index (χ2n) is 2.61. The summed E-state index contributed by atoms with van der Waals surface area (Å²) in [6.45, 7) is 2.81. The fourth-order valence-corrected chi connectivity index (χ4v) is 1.25. The van der Waals surface area contributed by atoms with Crippen molar-refractivity contribution < 1.29 is 4.74 Å². The molecule has 0 unspecified atom stereocenters. The molecule has 1 aliphatic rings. The summed E-state index contributed by atoms with van der Waals surface area (Å²) in [7, 11) is 0.